The number of aromatic carboxylic acids is 1. The maximum Gasteiger partial charge on any atom is 0.339 e. The first-order valence-electron chi connectivity index (χ1n) is 5.94. The van der Waals surface area contributed by atoms with Crippen molar-refractivity contribution in [3.63, 3.8) is 0 Å². The van der Waals surface area contributed by atoms with Gasteiger partial charge >= 0.3 is 5.97 Å². The first-order chi connectivity index (χ1) is 8.59. The lowest BCUT2D eigenvalue weighted by molar-refractivity contribution is 0.0697. The summed E-state index contributed by atoms with van der Waals surface area (Å²) >= 11 is 0. The molecule has 0 radical (unpaired) electrons. The molecule has 4 nitrogen and oxygen atoms in total. The zero-order chi connectivity index (χ0) is 13.1. The molecule has 0 saturated heterocycles. The predicted molar refractivity (Wildman–Crippen MR) is 69.5 cm³/mol. The zero-order valence-electron chi connectivity index (χ0n) is 10.5. The number of aromatic nitrogens is 2. The van der Waals surface area contributed by atoms with Gasteiger partial charge in [0, 0.05) is 12.1 Å². The highest BCUT2D eigenvalue weighted by Crippen LogP contribution is 2.24. The van der Waals surface area contributed by atoms with Gasteiger partial charge in [0.1, 0.15) is 5.56 Å². The first-order valence-corrected chi connectivity index (χ1v) is 5.94. The molecule has 0 unspecified atom stereocenters. The Morgan fingerprint density at radius 2 is 2.00 bits per heavy atom. The fraction of sp³-hybridized carbons (Fsp3) is 0.286. The molecule has 1 aromatic heterocycles. The molecule has 1 aromatic carbocycles. The third-order valence-electron chi connectivity index (χ3n) is 2.66. The highest BCUT2D eigenvalue weighted by atomic mass is 16.4. The summed E-state index contributed by atoms with van der Waals surface area (Å²) in [6, 6.07) is 9.51. The van der Waals surface area contributed by atoms with Gasteiger partial charge in [0.2, 0.25) is 0 Å². The zero-order valence-corrected chi connectivity index (χ0v) is 10.5. The first kappa shape index (κ1) is 12.4. The number of benzene rings is 1. The SMILES string of the molecule is CC(C)Cn1ncc(C(=O)O)c1-c1ccccc1. The topological polar surface area (TPSA) is 55.1 Å². The monoisotopic (exact) mass is 244 g/mol. The number of nitrogens with zero attached hydrogens (tertiary/aromatic N) is 2. The smallest absolute Gasteiger partial charge is 0.339 e. The average molecular weight is 244 g/mol. The van der Waals surface area contributed by atoms with Crippen molar-refractivity contribution in [2.75, 3.05) is 0 Å². The van der Waals surface area contributed by atoms with E-state index in [1.165, 1.54) is 6.20 Å². The van der Waals surface area contributed by atoms with Crippen molar-refractivity contribution >= 4 is 5.97 Å². The van der Waals surface area contributed by atoms with Crippen LogP contribution in [-0.2, 0) is 6.54 Å². The van der Waals surface area contributed by atoms with Crippen LogP contribution in [0, 0.1) is 5.92 Å². The molecular formula is C14H16N2O2. The van der Waals surface area contributed by atoms with E-state index in [4.69, 9.17) is 0 Å². The van der Waals surface area contributed by atoms with Crippen molar-refractivity contribution in [3.05, 3.63) is 42.1 Å². The minimum atomic E-state index is -0.941. The van der Waals surface area contributed by atoms with Crippen LogP contribution >= 0.6 is 0 Å². The largest absolute Gasteiger partial charge is 0.478 e. The Kier molecular flexibility index (Phi) is 3.46. The van der Waals surface area contributed by atoms with E-state index in [0.29, 0.717) is 18.2 Å². The lowest BCUT2D eigenvalue weighted by Gasteiger charge is -2.10. The van der Waals surface area contributed by atoms with E-state index in [0.717, 1.165) is 5.56 Å². The van der Waals surface area contributed by atoms with Crippen LogP contribution in [0.4, 0.5) is 0 Å². The van der Waals surface area contributed by atoms with Crippen molar-refractivity contribution in [2.45, 2.75) is 20.4 Å². The normalized spacial score (nSPS) is 10.8. The van der Waals surface area contributed by atoms with E-state index in [1.807, 2.05) is 30.3 Å². The van der Waals surface area contributed by atoms with Crippen LogP contribution < -0.4 is 0 Å². The molecule has 1 heterocycles. The maximum atomic E-state index is 11.2. The number of carboxylic acid groups (broad SMARTS) is 1. The van der Waals surface area contributed by atoms with E-state index < -0.39 is 5.97 Å². The minimum Gasteiger partial charge on any atom is -0.478 e. The van der Waals surface area contributed by atoms with Gasteiger partial charge in [-0.1, -0.05) is 44.2 Å². The standard InChI is InChI=1S/C14H16N2O2/c1-10(2)9-16-13(11-6-4-3-5-7-11)12(8-15-16)14(17)18/h3-8,10H,9H2,1-2H3,(H,17,18). The third-order valence-corrected chi connectivity index (χ3v) is 2.66. The molecule has 0 bridgehead atoms. The second-order valence-electron chi connectivity index (χ2n) is 4.65. The van der Waals surface area contributed by atoms with E-state index in [9.17, 15) is 9.90 Å². The van der Waals surface area contributed by atoms with Gasteiger partial charge in [-0.3, -0.25) is 4.68 Å². The summed E-state index contributed by atoms with van der Waals surface area (Å²) < 4.78 is 1.77. The fourth-order valence-corrected chi connectivity index (χ4v) is 1.93. The van der Waals surface area contributed by atoms with Crippen molar-refractivity contribution < 1.29 is 9.90 Å². The van der Waals surface area contributed by atoms with Crippen LogP contribution in [0.5, 0.6) is 0 Å². The van der Waals surface area contributed by atoms with Gasteiger partial charge in [0.25, 0.3) is 0 Å². The van der Waals surface area contributed by atoms with Gasteiger partial charge in [-0.25, -0.2) is 4.79 Å². The molecule has 0 saturated carbocycles. The molecule has 0 aliphatic rings. The lowest BCUT2D eigenvalue weighted by Crippen LogP contribution is -2.09. The molecule has 0 fully saturated rings. The van der Waals surface area contributed by atoms with Crippen LogP contribution in [0.15, 0.2) is 36.5 Å². The van der Waals surface area contributed by atoms with Gasteiger partial charge in [0.05, 0.1) is 11.9 Å². The Balaban J connectivity index is 2.54. The lowest BCUT2D eigenvalue weighted by atomic mass is 10.1. The Morgan fingerprint density at radius 1 is 1.33 bits per heavy atom. The summed E-state index contributed by atoms with van der Waals surface area (Å²) in [6.45, 7) is 4.87. The molecular weight excluding hydrogens is 228 g/mol. The molecule has 0 aliphatic carbocycles. The van der Waals surface area contributed by atoms with Crippen LogP contribution in [0.2, 0.25) is 0 Å². The number of hydrogen-bond donors (Lipinski definition) is 1. The van der Waals surface area contributed by atoms with Crippen molar-refractivity contribution in [1.82, 2.24) is 9.78 Å². The summed E-state index contributed by atoms with van der Waals surface area (Å²) in [5, 5.41) is 13.4. The average Bonchev–Trinajstić information content (AvgIpc) is 2.73. The van der Waals surface area contributed by atoms with Gasteiger partial charge in [-0.15, -0.1) is 0 Å². The summed E-state index contributed by atoms with van der Waals surface area (Å²) in [4.78, 5) is 11.2. The van der Waals surface area contributed by atoms with Gasteiger partial charge in [-0.2, -0.15) is 5.10 Å². The van der Waals surface area contributed by atoms with Crippen molar-refractivity contribution in [1.29, 1.82) is 0 Å². The van der Waals surface area contributed by atoms with Crippen LogP contribution in [0.3, 0.4) is 0 Å². The van der Waals surface area contributed by atoms with E-state index in [-0.39, 0.29) is 5.56 Å². The highest BCUT2D eigenvalue weighted by molar-refractivity contribution is 5.94. The van der Waals surface area contributed by atoms with Gasteiger partial charge in [-0.05, 0) is 5.92 Å². The molecule has 0 spiro atoms. The van der Waals surface area contributed by atoms with Crippen molar-refractivity contribution in [3.8, 4) is 11.3 Å². The number of rotatable bonds is 4. The van der Waals surface area contributed by atoms with E-state index in [1.54, 1.807) is 4.68 Å². The second kappa shape index (κ2) is 5.04. The predicted octanol–water partition coefficient (Wildman–Crippen LogP) is 2.90. The Labute approximate surface area is 106 Å². The second-order valence-corrected chi connectivity index (χ2v) is 4.65. The number of hydrogen-bond acceptors (Lipinski definition) is 2. The van der Waals surface area contributed by atoms with Gasteiger partial charge in [0.15, 0.2) is 0 Å². The Bertz CT molecular complexity index is 544. The van der Waals surface area contributed by atoms with Gasteiger partial charge < -0.3 is 5.11 Å². The molecule has 1 N–H and O–H groups in total. The summed E-state index contributed by atoms with van der Waals surface area (Å²) in [6.07, 6.45) is 1.42. The summed E-state index contributed by atoms with van der Waals surface area (Å²) in [5.41, 5.74) is 1.81. The highest BCUT2D eigenvalue weighted by Gasteiger charge is 2.18. The molecule has 0 atom stereocenters. The maximum absolute atomic E-state index is 11.2. The minimum absolute atomic E-state index is 0.252. The summed E-state index contributed by atoms with van der Waals surface area (Å²) in [7, 11) is 0. The fourth-order valence-electron chi connectivity index (χ4n) is 1.93. The number of carboxylic acids is 1. The molecule has 0 amide bonds. The van der Waals surface area contributed by atoms with Crippen molar-refractivity contribution in [2.24, 2.45) is 5.92 Å². The third kappa shape index (κ3) is 2.42. The molecule has 2 rings (SSSR count). The van der Waals surface area contributed by atoms with Crippen LogP contribution in [-0.4, -0.2) is 20.9 Å². The van der Waals surface area contributed by atoms with E-state index >= 15 is 0 Å². The van der Waals surface area contributed by atoms with Crippen LogP contribution in [0.1, 0.15) is 24.2 Å². The molecule has 0 aliphatic heterocycles. The molecule has 2 aromatic rings. The van der Waals surface area contributed by atoms with Crippen LogP contribution in [0.25, 0.3) is 11.3 Å². The Hall–Kier alpha value is -2.10. The quantitative estimate of drug-likeness (QED) is 0.899. The van der Waals surface area contributed by atoms with E-state index in [2.05, 4.69) is 18.9 Å². The molecule has 94 valence electrons. The number of carbonyl (C=O) groups is 1. The molecule has 4 heteroatoms. The Morgan fingerprint density at radius 3 is 2.56 bits per heavy atom. The summed E-state index contributed by atoms with van der Waals surface area (Å²) in [5.74, 6) is -0.530. The molecule has 18 heavy (non-hydrogen) atoms.